The Balaban J connectivity index is 2.09. The van der Waals surface area contributed by atoms with Crippen molar-refractivity contribution in [1.29, 1.82) is 0 Å². The van der Waals surface area contributed by atoms with E-state index in [0.29, 0.717) is 12.5 Å². The molecule has 1 aliphatic rings. The van der Waals surface area contributed by atoms with Crippen LogP contribution in [0.15, 0.2) is 0 Å². The first-order valence-electron chi connectivity index (χ1n) is 8.35. The fraction of sp³-hybridized carbons (Fsp3) is 0.938. The highest BCUT2D eigenvalue weighted by Gasteiger charge is 2.17. The number of rotatable bonds is 9. The van der Waals surface area contributed by atoms with Crippen LogP contribution >= 0.6 is 0 Å². The number of likely N-dealkylation sites (tertiary alicyclic amines) is 1. The molecule has 0 aliphatic carbocycles. The Hall–Kier alpha value is -0.610. The predicted molar refractivity (Wildman–Crippen MR) is 82.9 cm³/mol. The molecule has 0 spiro atoms. The average Bonchev–Trinajstić information content (AvgIpc) is 2.68. The smallest absolute Gasteiger partial charge is 0.219 e. The normalized spacial score (nSPS) is 20.6. The summed E-state index contributed by atoms with van der Waals surface area (Å²) in [6.45, 7) is 9.20. The summed E-state index contributed by atoms with van der Waals surface area (Å²) in [6.07, 6.45) is 7.73. The Morgan fingerprint density at radius 3 is 2.80 bits per heavy atom. The van der Waals surface area contributed by atoms with Crippen molar-refractivity contribution in [3.05, 3.63) is 0 Å². The van der Waals surface area contributed by atoms with Crippen LogP contribution in [-0.4, -0.2) is 49.7 Å². The van der Waals surface area contributed by atoms with E-state index < -0.39 is 0 Å². The average molecular weight is 284 g/mol. The van der Waals surface area contributed by atoms with Gasteiger partial charge in [-0.3, -0.25) is 4.79 Å². The van der Waals surface area contributed by atoms with Crippen molar-refractivity contribution in [3.63, 3.8) is 0 Å². The van der Waals surface area contributed by atoms with E-state index in [-0.39, 0.29) is 5.91 Å². The Morgan fingerprint density at radius 1 is 1.20 bits per heavy atom. The molecule has 1 atom stereocenters. The quantitative estimate of drug-likeness (QED) is 0.662. The molecule has 0 aromatic heterocycles. The SMILES string of the molecule is CCOCCCCCN1CCCC(NC(=O)CC)CC1. The maximum atomic E-state index is 11.4. The van der Waals surface area contributed by atoms with Crippen molar-refractivity contribution in [2.24, 2.45) is 0 Å². The molecule has 0 saturated carbocycles. The number of amides is 1. The first kappa shape index (κ1) is 17.4. The molecule has 1 aliphatic heterocycles. The molecule has 118 valence electrons. The summed E-state index contributed by atoms with van der Waals surface area (Å²) in [5.41, 5.74) is 0. The Labute approximate surface area is 124 Å². The van der Waals surface area contributed by atoms with Crippen molar-refractivity contribution in [2.75, 3.05) is 32.8 Å². The fourth-order valence-electron chi connectivity index (χ4n) is 2.71. The largest absolute Gasteiger partial charge is 0.382 e. The van der Waals surface area contributed by atoms with Gasteiger partial charge < -0.3 is 15.0 Å². The second kappa shape index (κ2) is 11.1. The summed E-state index contributed by atoms with van der Waals surface area (Å²) >= 11 is 0. The lowest BCUT2D eigenvalue weighted by Gasteiger charge is -2.20. The summed E-state index contributed by atoms with van der Waals surface area (Å²) in [5.74, 6) is 0.194. The van der Waals surface area contributed by atoms with Crippen molar-refractivity contribution >= 4 is 5.91 Å². The van der Waals surface area contributed by atoms with Crippen LogP contribution in [0.4, 0.5) is 0 Å². The van der Waals surface area contributed by atoms with E-state index in [1.165, 1.54) is 38.8 Å². The summed E-state index contributed by atoms with van der Waals surface area (Å²) in [5, 5.41) is 3.14. The van der Waals surface area contributed by atoms with Gasteiger partial charge in [-0.2, -0.15) is 0 Å². The number of nitrogens with zero attached hydrogens (tertiary/aromatic N) is 1. The molecule has 1 unspecified atom stereocenters. The maximum absolute atomic E-state index is 11.4. The zero-order chi connectivity index (χ0) is 14.6. The summed E-state index contributed by atoms with van der Waals surface area (Å²) < 4.78 is 5.35. The van der Waals surface area contributed by atoms with Crippen LogP contribution in [0, 0.1) is 0 Å². The number of hydrogen-bond donors (Lipinski definition) is 1. The minimum atomic E-state index is 0.194. The molecule has 0 radical (unpaired) electrons. The molecular weight excluding hydrogens is 252 g/mol. The van der Waals surface area contributed by atoms with Crippen molar-refractivity contribution in [3.8, 4) is 0 Å². The van der Waals surface area contributed by atoms with E-state index in [1.807, 2.05) is 13.8 Å². The van der Waals surface area contributed by atoms with Crippen LogP contribution in [0.1, 0.15) is 58.8 Å². The second-order valence-electron chi connectivity index (χ2n) is 5.65. The van der Waals surface area contributed by atoms with E-state index in [1.54, 1.807) is 0 Å². The minimum Gasteiger partial charge on any atom is -0.382 e. The molecule has 1 saturated heterocycles. The molecule has 1 fully saturated rings. The topological polar surface area (TPSA) is 41.6 Å². The Kier molecular flexibility index (Phi) is 9.67. The van der Waals surface area contributed by atoms with Gasteiger partial charge in [0.05, 0.1) is 0 Å². The number of unbranched alkanes of at least 4 members (excludes halogenated alkanes) is 2. The van der Waals surface area contributed by atoms with Crippen molar-refractivity contribution < 1.29 is 9.53 Å². The number of nitrogens with one attached hydrogen (secondary N) is 1. The van der Waals surface area contributed by atoms with Gasteiger partial charge in [0.15, 0.2) is 0 Å². The molecule has 1 heterocycles. The third-order valence-electron chi connectivity index (χ3n) is 3.97. The molecule has 4 nitrogen and oxygen atoms in total. The second-order valence-corrected chi connectivity index (χ2v) is 5.65. The molecule has 20 heavy (non-hydrogen) atoms. The van der Waals surface area contributed by atoms with Gasteiger partial charge in [-0.25, -0.2) is 0 Å². The number of ether oxygens (including phenoxy) is 1. The highest BCUT2D eigenvalue weighted by molar-refractivity contribution is 5.75. The highest BCUT2D eigenvalue weighted by atomic mass is 16.5. The zero-order valence-corrected chi connectivity index (χ0v) is 13.3. The first-order chi connectivity index (χ1) is 9.76. The number of carbonyl (C=O) groups excluding carboxylic acids is 1. The zero-order valence-electron chi connectivity index (χ0n) is 13.3. The lowest BCUT2D eigenvalue weighted by Crippen LogP contribution is -2.35. The lowest BCUT2D eigenvalue weighted by atomic mass is 10.1. The van der Waals surface area contributed by atoms with Crippen LogP contribution in [0.2, 0.25) is 0 Å². The van der Waals surface area contributed by atoms with E-state index in [2.05, 4.69) is 10.2 Å². The molecule has 0 aromatic carbocycles. The molecule has 0 aromatic rings. The summed E-state index contributed by atoms with van der Waals surface area (Å²) in [7, 11) is 0. The maximum Gasteiger partial charge on any atom is 0.219 e. The van der Waals surface area contributed by atoms with Gasteiger partial charge in [0.25, 0.3) is 0 Å². The van der Waals surface area contributed by atoms with E-state index in [4.69, 9.17) is 4.74 Å². The number of carbonyl (C=O) groups is 1. The predicted octanol–water partition coefficient (Wildman–Crippen LogP) is 2.57. The van der Waals surface area contributed by atoms with Crippen LogP contribution in [-0.2, 0) is 9.53 Å². The number of hydrogen-bond acceptors (Lipinski definition) is 3. The van der Waals surface area contributed by atoms with Gasteiger partial charge in [0, 0.05) is 32.2 Å². The van der Waals surface area contributed by atoms with E-state index >= 15 is 0 Å². The molecule has 0 bridgehead atoms. The van der Waals surface area contributed by atoms with Crippen molar-refractivity contribution in [2.45, 2.75) is 64.8 Å². The molecule has 1 N–H and O–H groups in total. The first-order valence-corrected chi connectivity index (χ1v) is 8.35. The van der Waals surface area contributed by atoms with Crippen LogP contribution in [0.5, 0.6) is 0 Å². The van der Waals surface area contributed by atoms with Crippen LogP contribution < -0.4 is 5.32 Å². The van der Waals surface area contributed by atoms with Gasteiger partial charge in [-0.1, -0.05) is 6.92 Å². The monoisotopic (exact) mass is 284 g/mol. The Bertz CT molecular complexity index is 259. The lowest BCUT2D eigenvalue weighted by molar-refractivity contribution is -0.121. The molecule has 1 amide bonds. The van der Waals surface area contributed by atoms with Gasteiger partial charge in [0.1, 0.15) is 0 Å². The van der Waals surface area contributed by atoms with Crippen LogP contribution in [0.3, 0.4) is 0 Å². The van der Waals surface area contributed by atoms with Gasteiger partial charge in [0.2, 0.25) is 5.91 Å². The van der Waals surface area contributed by atoms with E-state index in [9.17, 15) is 4.79 Å². The summed E-state index contributed by atoms with van der Waals surface area (Å²) in [6, 6.07) is 0.394. The Morgan fingerprint density at radius 2 is 2.05 bits per heavy atom. The van der Waals surface area contributed by atoms with Gasteiger partial charge >= 0.3 is 0 Å². The van der Waals surface area contributed by atoms with Crippen molar-refractivity contribution in [1.82, 2.24) is 10.2 Å². The molecular formula is C16H32N2O2. The van der Waals surface area contributed by atoms with Gasteiger partial charge in [-0.05, 0) is 58.5 Å². The fourth-order valence-corrected chi connectivity index (χ4v) is 2.71. The highest BCUT2D eigenvalue weighted by Crippen LogP contribution is 2.12. The third kappa shape index (κ3) is 7.85. The van der Waals surface area contributed by atoms with Gasteiger partial charge in [-0.15, -0.1) is 0 Å². The molecule has 1 rings (SSSR count). The third-order valence-corrected chi connectivity index (χ3v) is 3.97. The molecule has 4 heteroatoms. The summed E-state index contributed by atoms with van der Waals surface area (Å²) in [4.78, 5) is 14.0. The van der Waals surface area contributed by atoms with Crippen LogP contribution in [0.25, 0.3) is 0 Å². The minimum absolute atomic E-state index is 0.194. The van der Waals surface area contributed by atoms with E-state index in [0.717, 1.165) is 32.6 Å². The standard InChI is InChI=1S/C16H32N2O2/c1-3-16(19)17-15-9-8-12-18(13-10-15)11-6-5-7-14-20-4-2/h15H,3-14H2,1-2H3,(H,17,19).